The molecule has 0 radical (unpaired) electrons. The van der Waals surface area contributed by atoms with Crippen LogP contribution in [-0.2, 0) is 0 Å². The van der Waals surface area contributed by atoms with E-state index in [-0.39, 0.29) is 5.91 Å². The summed E-state index contributed by atoms with van der Waals surface area (Å²) in [6.07, 6.45) is 2.44. The van der Waals surface area contributed by atoms with Crippen LogP contribution in [0.3, 0.4) is 0 Å². The lowest BCUT2D eigenvalue weighted by Gasteiger charge is -2.09. The van der Waals surface area contributed by atoms with Crippen molar-refractivity contribution in [1.29, 1.82) is 0 Å². The summed E-state index contributed by atoms with van der Waals surface area (Å²) in [6.45, 7) is 2.69. The van der Waals surface area contributed by atoms with E-state index in [4.69, 9.17) is 0 Å². The standard InChI is InChI=1S/C20H20N4O/c1-2-11-21-20(25)16-9-6-10-17(12-16)24-19-13-18(22-14-23-19)15-7-4-3-5-8-15/h3-10,12-14H,2,11H2,1H3,(H,21,25)(H,22,23,24). The minimum atomic E-state index is -0.0711. The van der Waals surface area contributed by atoms with Gasteiger partial charge in [0, 0.05) is 29.4 Å². The lowest BCUT2D eigenvalue weighted by molar-refractivity contribution is 0.0953. The molecule has 0 fully saturated rings. The summed E-state index contributed by atoms with van der Waals surface area (Å²) in [7, 11) is 0. The monoisotopic (exact) mass is 332 g/mol. The molecule has 0 atom stereocenters. The topological polar surface area (TPSA) is 66.9 Å². The van der Waals surface area contributed by atoms with Crippen LogP contribution >= 0.6 is 0 Å². The van der Waals surface area contributed by atoms with Crippen molar-refractivity contribution in [2.75, 3.05) is 11.9 Å². The van der Waals surface area contributed by atoms with Crippen LogP contribution in [-0.4, -0.2) is 22.4 Å². The summed E-state index contributed by atoms with van der Waals surface area (Å²) in [5, 5.41) is 6.11. The van der Waals surface area contributed by atoms with E-state index in [1.807, 2.05) is 61.5 Å². The van der Waals surface area contributed by atoms with Gasteiger partial charge in [0.15, 0.2) is 0 Å². The lowest BCUT2D eigenvalue weighted by atomic mass is 10.1. The fourth-order valence-electron chi connectivity index (χ4n) is 2.42. The van der Waals surface area contributed by atoms with Gasteiger partial charge in [-0.1, -0.05) is 43.3 Å². The average Bonchev–Trinajstić information content (AvgIpc) is 2.67. The first-order chi connectivity index (χ1) is 12.3. The van der Waals surface area contributed by atoms with Crippen molar-refractivity contribution in [2.45, 2.75) is 13.3 Å². The molecule has 1 heterocycles. The first-order valence-electron chi connectivity index (χ1n) is 8.29. The third-order valence-electron chi connectivity index (χ3n) is 3.67. The Balaban J connectivity index is 1.78. The molecule has 3 rings (SSSR count). The number of anilines is 2. The first kappa shape index (κ1) is 16.6. The summed E-state index contributed by atoms with van der Waals surface area (Å²) in [5.74, 6) is 0.609. The van der Waals surface area contributed by atoms with Crippen LogP contribution in [0, 0.1) is 0 Å². The molecule has 0 saturated carbocycles. The van der Waals surface area contributed by atoms with Gasteiger partial charge in [-0.05, 0) is 24.6 Å². The van der Waals surface area contributed by atoms with Gasteiger partial charge in [-0.2, -0.15) is 0 Å². The molecule has 3 aromatic rings. The second kappa shape index (κ2) is 8.06. The van der Waals surface area contributed by atoms with Crippen LogP contribution in [0.5, 0.6) is 0 Å². The molecule has 0 aliphatic carbocycles. The van der Waals surface area contributed by atoms with Crippen molar-refractivity contribution < 1.29 is 4.79 Å². The molecule has 1 aromatic heterocycles. The van der Waals surface area contributed by atoms with Crippen LogP contribution in [0.2, 0.25) is 0 Å². The van der Waals surface area contributed by atoms with E-state index < -0.39 is 0 Å². The van der Waals surface area contributed by atoms with Gasteiger partial charge >= 0.3 is 0 Å². The fourth-order valence-corrected chi connectivity index (χ4v) is 2.42. The van der Waals surface area contributed by atoms with E-state index in [9.17, 15) is 4.79 Å². The molecule has 1 amide bonds. The molecule has 0 spiro atoms. The van der Waals surface area contributed by atoms with Crippen LogP contribution in [0.1, 0.15) is 23.7 Å². The number of nitrogens with one attached hydrogen (secondary N) is 2. The van der Waals surface area contributed by atoms with Crippen molar-refractivity contribution in [1.82, 2.24) is 15.3 Å². The van der Waals surface area contributed by atoms with Gasteiger partial charge in [-0.3, -0.25) is 4.79 Å². The zero-order chi connectivity index (χ0) is 17.5. The van der Waals surface area contributed by atoms with Gasteiger partial charge in [0.05, 0.1) is 5.69 Å². The Hall–Kier alpha value is -3.21. The molecular weight excluding hydrogens is 312 g/mol. The largest absolute Gasteiger partial charge is 0.352 e. The van der Waals surface area contributed by atoms with Gasteiger partial charge in [-0.25, -0.2) is 9.97 Å². The van der Waals surface area contributed by atoms with Crippen LogP contribution in [0.25, 0.3) is 11.3 Å². The summed E-state index contributed by atoms with van der Waals surface area (Å²) >= 11 is 0. The van der Waals surface area contributed by atoms with Crippen LogP contribution in [0.4, 0.5) is 11.5 Å². The van der Waals surface area contributed by atoms with Crippen molar-refractivity contribution in [3.63, 3.8) is 0 Å². The van der Waals surface area contributed by atoms with Gasteiger partial charge in [0.2, 0.25) is 0 Å². The molecule has 25 heavy (non-hydrogen) atoms. The highest BCUT2D eigenvalue weighted by molar-refractivity contribution is 5.95. The predicted molar refractivity (Wildman–Crippen MR) is 99.8 cm³/mol. The molecule has 0 bridgehead atoms. The van der Waals surface area contributed by atoms with Crippen molar-refractivity contribution >= 4 is 17.4 Å². The van der Waals surface area contributed by atoms with Gasteiger partial charge in [0.1, 0.15) is 12.1 Å². The van der Waals surface area contributed by atoms with Crippen LogP contribution < -0.4 is 10.6 Å². The second-order valence-corrected chi connectivity index (χ2v) is 5.62. The normalized spacial score (nSPS) is 10.3. The first-order valence-corrected chi connectivity index (χ1v) is 8.29. The quantitative estimate of drug-likeness (QED) is 0.715. The van der Waals surface area contributed by atoms with E-state index in [2.05, 4.69) is 20.6 Å². The fraction of sp³-hybridized carbons (Fsp3) is 0.150. The number of carbonyl (C=O) groups is 1. The Morgan fingerprint density at radius 1 is 1.00 bits per heavy atom. The maximum absolute atomic E-state index is 12.1. The van der Waals surface area contributed by atoms with Gasteiger partial charge in [0.25, 0.3) is 5.91 Å². The number of rotatable bonds is 6. The molecule has 126 valence electrons. The van der Waals surface area contributed by atoms with Crippen molar-refractivity contribution in [2.24, 2.45) is 0 Å². The molecule has 0 unspecified atom stereocenters. The summed E-state index contributed by atoms with van der Waals surface area (Å²) in [4.78, 5) is 20.7. The molecule has 5 heteroatoms. The molecular formula is C20H20N4O. The summed E-state index contributed by atoms with van der Waals surface area (Å²) in [6, 6.07) is 19.2. The highest BCUT2D eigenvalue weighted by Gasteiger charge is 2.06. The Morgan fingerprint density at radius 2 is 1.84 bits per heavy atom. The maximum Gasteiger partial charge on any atom is 0.251 e. The molecule has 2 aromatic carbocycles. The van der Waals surface area contributed by atoms with Crippen molar-refractivity contribution in [3.8, 4) is 11.3 Å². The van der Waals surface area contributed by atoms with E-state index in [0.29, 0.717) is 17.9 Å². The third-order valence-corrected chi connectivity index (χ3v) is 3.67. The predicted octanol–water partition coefficient (Wildman–Crippen LogP) is 4.03. The minimum absolute atomic E-state index is 0.0711. The van der Waals surface area contributed by atoms with Gasteiger partial charge in [-0.15, -0.1) is 0 Å². The number of carbonyl (C=O) groups excluding carboxylic acids is 1. The zero-order valence-electron chi connectivity index (χ0n) is 14.1. The molecule has 0 saturated heterocycles. The Morgan fingerprint density at radius 3 is 2.64 bits per heavy atom. The van der Waals surface area contributed by atoms with E-state index >= 15 is 0 Å². The highest BCUT2D eigenvalue weighted by Crippen LogP contribution is 2.21. The number of nitrogens with zero attached hydrogens (tertiary/aromatic N) is 2. The second-order valence-electron chi connectivity index (χ2n) is 5.62. The smallest absolute Gasteiger partial charge is 0.251 e. The number of benzene rings is 2. The average molecular weight is 332 g/mol. The Labute approximate surface area is 147 Å². The molecule has 0 aliphatic heterocycles. The van der Waals surface area contributed by atoms with E-state index in [1.165, 1.54) is 6.33 Å². The van der Waals surface area contributed by atoms with Crippen molar-refractivity contribution in [3.05, 3.63) is 72.6 Å². The molecule has 5 nitrogen and oxygen atoms in total. The molecule has 2 N–H and O–H groups in total. The van der Waals surface area contributed by atoms with Crippen LogP contribution in [0.15, 0.2) is 67.0 Å². The zero-order valence-corrected chi connectivity index (χ0v) is 14.1. The number of aromatic nitrogens is 2. The Bertz CT molecular complexity index is 849. The number of hydrogen-bond acceptors (Lipinski definition) is 4. The van der Waals surface area contributed by atoms with Gasteiger partial charge < -0.3 is 10.6 Å². The Kier molecular flexibility index (Phi) is 5.36. The lowest BCUT2D eigenvalue weighted by Crippen LogP contribution is -2.23. The molecule has 0 aliphatic rings. The third kappa shape index (κ3) is 4.41. The summed E-state index contributed by atoms with van der Waals surface area (Å²) in [5.41, 5.74) is 3.30. The van der Waals surface area contributed by atoms with E-state index in [0.717, 1.165) is 23.4 Å². The van der Waals surface area contributed by atoms with E-state index in [1.54, 1.807) is 6.07 Å². The SMILES string of the molecule is CCCNC(=O)c1cccc(Nc2cc(-c3ccccc3)ncn2)c1. The summed E-state index contributed by atoms with van der Waals surface area (Å²) < 4.78 is 0. The number of amides is 1. The number of hydrogen-bond donors (Lipinski definition) is 2. The highest BCUT2D eigenvalue weighted by atomic mass is 16.1. The minimum Gasteiger partial charge on any atom is -0.352 e. The maximum atomic E-state index is 12.1.